The first-order valence-electron chi connectivity index (χ1n) is 12.2. The van der Waals surface area contributed by atoms with E-state index in [0.717, 1.165) is 48.2 Å². The van der Waals surface area contributed by atoms with E-state index in [1.807, 2.05) is 30.3 Å². The number of halogens is 2. The summed E-state index contributed by atoms with van der Waals surface area (Å²) in [5, 5.41) is 11.6. The molecule has 4 aromatic rings. The first kappa shape index (κ1) is 24.3. The maximum Gasteiger partial charge on any atom is 0.128 e. The van der Waals surface area contributed by atoms with Crippen molar-refractivity contribution in [1.82, 2.24) is 14.8 Å². The van der Waals surface area contributed by atoms with Crippen LogP contribution in [0.5, 0.6) is 5.75 Å². The lowest BCUT2D eigenvalue weighted by molar-refractivity contribution is 0.0404. The van der Waals surface area contributed by atoms with Crippen molar-refractivity contribution in [3.63, 3.8) is 0 Å². The van der Waals surface area contributed by atoms with Crippen molar-refractivity contribution in [2.45, 2.75) is 12.1 Å². The van der Waals surface area contributed by atoms with Crippen molar-refractivity contribution >= 4 is 10.9 Å². The quantitative estimate of drug-likeness (QED) is 0.390. The van der Waals surface area contributed by atoms with E-state index in [4.69, 9.17) is 4.74 Å². The molecular formula is C29H29F2N3O2. The summed E-state index contributed by atoms with van der Waals surface area (Å²) < 4.78 is 33.1. The van der Waals surface area contributed by atoms with Gasteiger partial charge in [-0.3, -0.25) is 14.8 Å². The SMILES string of the molecule is OC(COc1cccc2ncccc12)CN1CCN(C(c2ccc(F)cc2)c2ccc(F)cc2)CC1. The zero-order valence-corrected chi connectivity index (χ0v) is 19.9. The van der Waals surface area contributed by atoms with Crippen molar-refractivity contribution < 1.29 is 18.6 Å². The van der Waals surface area contributed by atoms with Crippen LogP contribution in [0.4, 0.5) is 8.78 Å². The number of piperazine rings is 1. The van der Waals surface area contributed by atoms with Gasteiger partial charge in [-0.1, -0.05) is 30.3 Å². The van der Waals surface area contributed by atoms with E-state index in [2.05, 4.69) is 14.8 Å². The number of rotatable bonds is 8. The number of aliphatic hydroxyl groups is 1. The molecule has 0 spiro atoms. The molecule has 7 heteroatoms. The minimum Gasteiger partial charge on any atom is -0.490 e. The Morgan fingerprint density at radius 2 is 1.44 bits per heavy atom. The van der Waals surface area contributed by atoms with E-state index < -0.39 is 6.10 Å². The fraction of sp³-hybridized carbons (Fsp3) is 0.276. The molecule has 0 bridgehead atoms. The second-order valence-corrected chi connectivity index (χ2v) is 9.13. The van der Waals surface area contributed by atoms with Gasteiger partial charge < -0.3 is 9.84 Å². The van der Waals surface area contributed by atoms with Crippen LogP contribution >= 0.6 is 0 Å². The van der Waals surface area contributed by atoms with Crippen LogP contribution in [0, 0.1) is 11.6 Å². The maximum absolute atomic E-state index is 13.6. The largest absolute Gasteiger partial charge is 0.490 e. The lowest BCUT2D eigenvalue weighted by Gasteiger charge is -2.40. The molecule has 5 rings (SSSR count). The average Bonchev–Trinajstić information content (AvgIpc) is 2.91. The molecule has 0 radical (unpaired) electrons. The summed E-state index contributed by atoms with van der Waals surface area (Å²) in [6.07, 6.45) is 1.12. The topological polar surface area (TPSA) is 48.8 Å². The summed E-state index contributed by atoms with van der Waals surface area (Å²) in [6.45, 7) is 3.78. The van der Waals surface area contributed by atoms with Crippen LogP contribution in [0.3, 0.4) is 0 Å². The number of hydrogen-bond donors (Lipinski definition) is 1. The van der Waals surface area contributed by atoms with E-state index in [-0.39, 0.29) is 24.3 Å². The molecule has 186 valence electrons. The molecule has 1 aliphatic rings. The van der Waals surface area contributed by atoms with Gasteiger partial charge in [-0.2, -0.15) is 0 Å². The van der Waals surface area contributed by atoms with Gasteiger partial charge >= 0.3 is 0 Å². The Labute approximate surface area is 209 Å². The molecule has 36 heavy (non-hydrogen) atoms. The molecule has 2 heterocycles. The van der Waals surface area contributed by atoms with Crippen molar-refractivity contribution in [3.05, 3.63) is 108 Å². The lowest BCUT2D eigenvalue weighted by Crippen LogP contribution is -2.50. The Bertz CT molecular complexity index is 1230. The van der Waals surface area contributed by atoms with Gasteiger partial charge in [0.2, 0.25) is 0 Å². The van der Waals surface area contributed by atoms with Gasteiger partial charge in [0, 0.05) is 44.3 Å². The molecule has 0 saturated carbocycles. The highest BCUT2D eigenvalue weighted by atomic mass is 19.1. The third kappa shape index (κ3) is 5.70. The molecule has 1 fully saturated rings. The predicted octanol–water partition coefficient (Wildman–Crippen LogP) is 4.66. The molecule has 0 aliphatic carbocycles. The zero-order chi connectivity index (χ0) is 24.9. The predicted molar refractivity (Wildman–Crippen MR) is 136 cm³/mol. The van der Waals surface area contributed by atoms with Gasteiger partial charge in [-0.15, -0.1) is 0 Å². The first-order valence-corrected chi connectivity index (χ1v) is 12.2. The Kier molecular flexibility index (Phi) is 7.51. The second-order valence-electron chi connectivity index (χ2n) is 9.13. The molecule has 1 aromatic heterocycles. The van der Waals surface area contributed by atoms with Crippen LogP contribution < -0.4 is 4.74 Å². The third-order valence-corrected chi connectivity index (χ3v) is 6.65. The van der Waals surface area contributed by atoms with Crippen molar-refractivity contribution in [1.29, 1.82) is 0 Å². The molecule has 1 aliphatic heterocycles. The monoisotopic (exact) mass is 489 g/mol. The number of aliphatic hydroxyl groups excluding tert-OH is 1. The summed E-state index contributed by atoms with van der Waals surface area (Å²) in [6, 6.07) is 22.5. The third-order valence-electron chi connectivity index (χ3n) is 6.65. The van der Waals surface area contributed by atoms with Gasteiger partial charge in [-0.05, 0) is 59.7 Å². The number of β-amino-alcohol motifs (C(OH)–C–C–N with tert-alkyl or cyclic N) is 1. The average molecular weight is 490 g/mol. The van der Waals surface area contributed by atoms with Gasteiger partial charge in [0.25, 0.3) is 0 Å². The summed E-state index contributed by atoms with van der Waals surface area (Å²) >= 11 is 0. The Morgan fingerprint density at radius 3 is 2.08 bits per heavy atom. The first-order chi connectivity index (χ1) is 17.6. The molecule has 1 saturated heterocycles. The molecule has 1 unspecified atom stereocenters. The molecule has 5 nitrogen and oxygen atoms in total. The van der Waals surface area contributed by atoms with E-state index in [0.29, 0.717) is 12.3 Å². The van der Waals surface area contributed by atoms with E-state index in [9.17, 15) is 13.9 Å². The molecule has 1 N–H and O–H groups in total. The highest BCUT2D eigenvalue weighted by molar-refractivity contribution is 5.84. The van der Waals surface area contributed by atoms with Crippen LogP contribution in [-0.2, 0) is 0 Å². The van der Waals surface area contributed by atoms with Crippen molar-refractivity contribution in [2.75, 3.05) is 39.3 Å². The second kappa shape index (κ2) is 11.1. The summed E-state index contributed by atoms with van der Waals surface area (Å²) in [5.41, 5.74) is 2.79. The van der Waals surface area contributed by atoms with Crippen molar-refractivity contribution in [2.24, 2.45) is 0 Å². The number of hydrogen-bond acceptors (Lipinski definition) is 5. The highest BCUT2D eigenvalue weighted by Crippen LogP contribution is 2.30. The van der Waals surface area contributed by atoms with Crippen LogP contribution in [-0.4, -0.2) is 65.3 Å². The summed E-state index contributed by atoms with van der Waals surface area (Å²) in [4.78, 5) is 8.89. The van der Waals surface area contributed by atoms with Gasteiger partial charge in [-0.25, -0.2) is 8.78 Å². The Balaban J connectivity index is 1.19. The summed E-state index contributed by atoms with van der Waals surface area (Å²) in [5.74, 6) is 0.153. The van der Waals surface area contributed by atoms with Crippen LogP contribution in [0.25, 0.3) is 10.9 Å². The van der Waals surface area contributed by atoms with E-state index in [1.165, 1.54) is 24.3 Å². The normalized spacial score (nSPS) is 15.9. The Hall–Kier alpha value is -3.39. The Morgan fingerprint density at radius 1 is 0.806 bits per heavy atom. The number of fused-ring (bicyclic) bond motifs is 1. The molecular weight excluding hydrogens is 460 g/mol. The number of nitrogens with zero attached hydrogens (tertiary/aromatic N) is 3. The van der Waals surface area contributed by atoms with Crippen molar-refractivity contribution in [3.8, 4) is 5.75 Å². The van der Waals surface area contributed by atoms with E-state index >= 15 is 0 Å². The summed E-state index contributed by atoms with van der Waals surface area (Å²) in [7, 11) is 0. The van der Waals surface area contributed by atoms with Gasteiger partial charge in [0.05, 0.1) is 11.6 Å². The number of pyridine rings is 1. The van der Waals surface area contributed by atoms with E-state index in [1.54, 1.807) is 30.5 Å². The van der Waals surface area contributed by atoms with Gasteiger partial charge in [0.1, 0.15) is 30.1 Å². The van der Waals surface area contributed by atoms with Gasteiger partial charge in [0.15, 0.2) is 0 Å². The van der Waals surface area contributed by atoms with Crippen LogP contribution in [0.15, 0.2) is 85.1 Å². The number of ether oxygens (including phenoxy) is 1. The highest BCUT2D eigenvalue weighted by Gasteiger charge is 2.27. The maximum atomic E-state index is 13.6. The zero-order valence-electron chi connectivity index (χ0n) is 19.9. The smallest absolute Gasteiger partial charge is 0.128 e. The molecule has 3 aromatic carbocycles. The van der Waals surface area contributed by atoms with Crippen LogP contribution in [0.2, 0.25) is 0 Å². The molecule has 0 amide bonds. The minimum absolute atomic E-state index is 0.0958. The fourth-order valence-corrected chi connectivity index (χ4v) is 4.85. The standard InChI is InChI=1S/C29H29F2N3O2/c30-23-10-6-21(7-11-23)29(22-8-12-24(31)13-9-22)34-17-15-33(16-18-34)19-25(35)20-36-28-5-1-4-27-26(28)3-2-14-32-27/h1-14,25,29,35H,15-20H2. The molecule has 1 atom stereocenters. The fourth-order valence-electron chi connectivity index (χ4n) is 4.85. The minimum atomic E-state index is -0.631. The number of benzene rings is 3. The van der Waals surface area contributed by atoms with Crippen LogP contribution in [0.1, 0.15) is 17.2 Å². The lowest BCUT2D eigenvalue weighted by atomic mass is 9.96. The number of aromatic nitrogens is 1.